The molecular formula is C18H18FN5OS. The fraction of sp³-hybridized carbons (Fsp3) is 0.278. The van der Waals surface area contributed by atoms with E-state index in [1.807, 2.05) is 17.8 Å². The summed E-state index contributed by atoms with van der Waals surface area (Å²) < 4.78 is 15.9. The topological polar surface area (TPSA) is 63.1 Å². The van der Waals surface area contributed by atoms with Gasteiger partial charge in [0.25, 0.3) is 5.91 Å². The predicted octanol–water partition coefficient (Wildman–Crippen LogP) is 2.47. The van der Waals surface area contributed by atoms with Crippen LogP contribution in [-0.4, -0.2) is 45.0 Å². The highest BCUT2D eigenvalue weighted by molar-refractivity contribution is 7.13. The summed E-state index contributed by atoms with van der Waals surface area (Å²) in [6.07, 6.45) is 3.59. The van der Waals surface area contributed by atoms with Crippen LogP contribution < -0.4 is 5.32 Å². The van der Waals surface area contributed by atoms with Crippen molar-refractivity contribution in [2.24, 2.45) is 7.05 Å². The van der Waals surface area contributed by atoms with Crippen LogP contribution in [0, 0.1) is 5.82 Å². The molecule has 0 bridgehead atoms. The SMILES string of the molecule is Cn1ccnc1C1CNCCN1C(=O)c1csc(-c2ccccc2F)n1. The van der Waals surface area contributed by atoms with Gasteiger partial charge in [0.15, 0.2) is 0 Å². The molecule has 8 heteroatoms. The van der Waals surface area contributed by atoms with Gasteiger partial charge in [-0.05, 0) is 12.1 Å². The summed E-state index contributed by atoms with van der Waals surface area (Å²) in [5.74, 6) is 0.336. The number of halogens is 1. The molecule has 0 aliphatic carbocycles. The van der Waals surface area contributed by atoms with Crippen molar-refractivity contribution >= 4 is 17.2 Å². The van der Waals surface area contributed by atoms with E-state index in [0.717, 1.165) is 12.4 Å². The molecule has 1 aromatic carbocycles. The van der Waals surface area contributed by atoms with Crippen LogP contribution in [0.5, 0.6) is 0 Å². The van der Waals surface area contributed by atoms with Gasteiger partial charge in [-0.15, -0.1) is 11.3 Å². The number of carbonyl (C=O) groups excluding carboxylic acids is 1. The maximum Gasteiger partial charge on any atom is 0.274 e. The molecule has 0 spiro atoms. The van der Waals surface area contributed by atoms with Gasteiger partial charge in [-0.3, -0.25) is 4.79 Å². The Morgan fingerprint density at radius 1 is 1.38 bits per heavy atom. The predicted molar refractivity (Wildman–Crippen MR) is 97.4 cm³/mol. The van der Waals surface area contributed by atoms with Crippen molar-refractivity contribution in [3.05, 3.63) is 59.4 Å². The van der Waals surface area contributed by atoms with Gasteiger partial charge < -0.3 is 14.8 Å². The van der Waals surface area contributed by atoms with Gasteiger partial charge in [-0.1, -0.05) is 12.1 Å². The Hall–Kier alpha value is -2.58. The first kappa shape index (κ1) is 16.9. The van der Waals surface area contributed by atoms with Gasteiger partial charge in [0.05, 0.1) is 0 Å². The molecule has 1 amide bonds. The minimum Gasteiger partial charge on any atom is -0.336 e. The number of nitrogens with zero attached hydrogens (tertiary/aromatic N) is 4. The Morgan fingerprint density at radius 2 is 2.23 bits per heavy atom. The number of amides is 1. The number of aromatic nitrogens is 3. The van der Waals surface area contributed by atoms with Crippen LogP contribution in [0.3, 0.4) is 0 Å². The minimum atomic E-state index is -0.339. The summed E-state index contributed by atoms with van der Waals surface area (Å²) in [6.45, 7) is 1.93. The molecular weight excluding hydrogens is 353 g/mol. The maximum atomic E-state index is 14.0. The van der Waals surface area contributed by atoms with Crippen LogP contribution in [0.4, 0.5) is 4.39 Å². The fourth-order valence-electron chi connectivity index (χ4n) is 3.15. The Kier molecular flexibility index (Phi) is 4.52. The molecule has 0 saturated carbocycles. The first-order valence-electron chi connectivity index (χ1n) is 8.34. The van der Waals surface area contributed by atoms with E-state index in [4.69, 9.17) is 0 Å². The average molecular weight is 371 g/mol. The number of imidazole rings is 1. The van der Waals surface area contributed by atoms with Gasteiger partial charge >= 0.3 is 0 Å². The molecule has 1 saturated heterocycles. The zero-order chi connectivity index (χ0) is 18.1. The number of piperazine rings is 1. The number of carbonyl (C=O) groups is 1. The molecule has 26 heavy (non-hydrogen) atoms. The molecule has 1 atom stereocenters. The third-order valence-electron chi connectivity index (χ3n) is 4.49. The lowest BCUT2D eigenvalue weighted by molar-refractivity contribution is 0.0615. The van der Waals surface area contributed by atoms with Gasteiger partial charge in [0, 0.05) is 50.0 Å². The van der Waals surface area contributed by atoms with Crippen molar-refractivity contribution in [3.63, 3.8) is 0 Å². The third-order valence-corrected chi connectivity index (χ3v) is 5.36. The smallest absolute Gasteiger partial charge is 0.274 e. The van der Waals surface area contributed by atoms with Crippen LogP contribution in [0.2, 0.25) is 0 Å². The van der Waals surface area contributed by atoms with Gasteiger partial charge in [0.2, 0.25) is 0 Å². The molecule has 4 rings (SSSR count). The van der Waals surface area contributed by atoms with Crippen molar-refractivity contribution < 1.29 is 9.18 Å². The summed E-state index contributed by atoms with van der Waals surface area (Å²) in [4.78, 5) is 23.6. The number of thiazole rings is 1. The summed E-state index contributed by atoms with van der Waals surface area (Å²) >= 11 is 1.28. The number of hydrogen-bond acceptors (Lipinski definition) is 5. The Labute approximate surface area is 154 Å². The van der Waals surface area contributed by atoms with Crippen LogP contribution in [0.1, 0.15) is 22.4 Å². The van der Waals surface area contributed by atoms with Crippen molar-refractivity contribution in [1.82, 2.24) is 24.8 Å². The Morgan fingerprint density at radius 3 is 3.00 bits per heavy atom. The fourth-order valence-corrected chi connectivity index (χ4v) is 3.97. The lowest BCUT2D eigenvalue weighted by Crippen LogP contribution is -2.49. The molecule has 1 aliphatic rings. The molecule has 1 aliphatic heterocycles. The monoisotopic (exact) mass is 371 g/mol. The van der Waals surface area contributed by atoms with Crippen LogP contribution in [0.25, 0.3) is 10.6 Å². The van der Waals surface area contributed by atoms with E-state index in [-0.39, 0.29) is 17.8 Å². The number of aryl methyl sites for hydroxylation is 1. The average Bonchev–Trinajstić information content (AvgIpc) is 3.31. The Bertz CT molecular complexity index is 937. The molecule has 1 N–H and O–H groups in total. The number of rotatable bonds is 3. The summed E-state index contributed by atoms with van der Waals surface area (Å²) in [5, 5.41) is 5.52. The highest BCUT2D eigenvalue weighted by Crippen LogP contribution is 2.28. The second-order valence-electron chi connectivity index (χ2n) is 6.13. The standard InChI is InChI=1S/C18H18FN5OS/c1-23-8-7-21-16(23)15-10-20-6-9-24(15)18(25)14-11-26-17(22-14)12-4-2-3-5-13(12)19/h2-5,7-8,11,15,20H,6,9-10H2,1H3. The van der Waals surface area contributed by atoms with Crippen LogP contribution >= 0.6 is 11.3 Å². The maximum absolute atomic E-state index is 14.0. The summed E-state index contributed by atoms with van der Waals surface area (Å²) in [5.41, 5.74) is 0.756. The quantitative estimate of drug-likeness (QED) is 0.768. The molecule has 3 aromatic rings. The Balaban J connectivity index is 1.62. The van der Waals surface area contributed by atoms with E-state index in [1.165, 1.54) is 17.4 Å². The van der Waals surface area contributed by atoms with E-state index in [1.54, 1.807) is 34.7 Å². The second kappa shape index (κ2) is 6.97. The lowest BCUT2D eigenvalue weighted by atomic mass is 10.1. The van der Waals surface area contributed by atoms with Crippen molar-refractivity contribution in [3.8, 4) is 10.6 Å². The van der Waals surface area contributed by atoms with Gasteiger partial charge in [0.1, 0.15) is 28.4 Å². The van der Waals surface area contributed by atoms with E-state index < -0.39 is 0 Å². The van der Waals surface area contributed by atoms with Crippen LogP contribution in [-0.2, 0) is 7.05 Å². The van der Waals surface area contributed by atoms with Crippen LogP contribution in [0.15, 0.2) is 42.0 Å². The first-order chi connectivity index (χ1) is 12.6. The molecule has 3 heterocycles. The normalized spacial score (nSPS) is 17.5. The number of nitrogens with one attached hydrogen (secondary N) is 1. The minimum absolute atomic E-state index is 0.154. The highest BCUT2D eigenvalue weighted by atomic mass is 32.1. The molecule has 0 radical (unpaired) electrons. The van der Waals surface area contributed by atoms with E-state index >= 15 is 0 Å². The molecule has 2 aromatic heterocycles. The lowest BCUT2D eigenvalue weighted by Gasteiger charge is -2.35. The largest absolute Gasteiger partial charge is 0.336 e. The van der Waals surface area contributed by atoms with Crippen molar-refractivity contribution in [1.29, 1.82) is 0 Å². The zero-order valence-electron chi connectivity index (χ0n) is 14.2. The highest BCUT2D eigenvalue weighted by Gasteiger charge is 2.32. The third kappa shape index (κ3) is 3.02. The zero-order valence-corrected chi connectivity index (χ0v) is 15.0. The molecule has 1 unspecified atom stereocenters. The van der Waals surface area contributed by atoms with Crippen molar-refractivity contribution in [2.75, 3.05) is 19.6 Å². The second-order valence-corrected chi connectivity index (χ2v) is 6.99. The van der Waals surface area contributed by atoms with Gasteiger partial charge in [-0.2, -0.15) is 0 Å². The van der Waals surface area contributed by atoms with Crippen molar-refractivity contribution in [2.45, 2.75) is 6.04 Å². The molecule has 134 valence electrons. The van der Waals surface area contributed by atoms with Gasteiger partial charge in [-0.25, -0.2) is 14.4 Å². The molecule has 1 fully saturated rings. The number of hydrogen-bond donors (Lipinski definition) is 1. The number of benzene rings is 1. The first-order valence-corrected chi connectivity index (χ1v) is 9.22. The van der Waals surface area contributed by atoms with E-state index in [9.17, 15) is 9.18 Å². The van der Waals surface area contributed by atoms with E-state index in [2.05, 4.69) is 15.3 Å². The van der Waals surface area contributed by atoms with E-state index in [0.29, 0.717) is 29.4 Å². The summed E-state index contributed by atoms with van der Waals surface area (Å²) in [6, 6.07) is 6.30. The summed E-state index contributed by atoms with van der Waals surface area (Å²) in [7, 11) is 1.92. The molecule has 6 nitrogen and oxygen atoms in total.